The number of carbonyl (C=O) groups excluding carboxylic acids is 1. The zero-order valence-corrected chi connectivity index (χ0v) is 18.2. The summed E-state index contributed by atoms with van der Waals surface area (Å²) in [5.41, 5.74) is 1.75. The van der Waals surface area contributed by atoms with Crippen molar-refractivity contribution in [3.63, 3.8) is 0 Å². The van der Waals surface area contributed by atoms with Crippen LogP contribution in [0.5, 0.6) is 0 Å². The molecule has 2 fully saturated rings. The van der Waals surface area contributed by atoms with Crippen LogP contribution in [0.15, 0.2) is 41.4 Å². The monoisotopic (exact) mass is 446 g/mol. The molecule has 0 saturated carbocycles. The van der Waals surface area contributed by atoms with Gasteiger partial charge in [0.2, 0.25) is 15.9 Å². The molecule has 158 valence electrons. The summed E-state index contributed by atoms with van der Waals surface area (Å²) in [7, 11) is -3.55. The molecule has 1 amide bonds. The van der Waals surface area contributed by atoms with E-state index in [4.69, 9.17) is 11.6 Å². The third-order valence-corrected chi connectivity index (χ3v) is 8.50. The Bertz CT molecular complexity index is 1090. The first-order valence-corrected chi connectivity index (χ1v) is 11.9. The fraction of sp³-hybridized carbons (Fsp3) is 0.429. The predicted octanol–water partition coefficient (Wildman–Crippen LogP) is 2.40. The van der Waals surface area contributed by atoms with Gasteiger partial charge in [-0.15, -0.1) is 0 Å². The van der Waals surface area contributed by atoms with Gasteiger partial charge < -0.3 is 9.80 Å². The molecular formula is C21H23ClN4O3S. The molecule has 3 aliphatic rings. The van der Waals surface area contributed by atoms with Crippen molar-refractivity contribution >= 4 is 39.0 Å². The maximum absolute atomic E-state index is 13.3. The van der Waals surface area contributed by atoms with Crippen LogP contribution in [0.1, 0.15) is 12.5 Å². The summed E-state index contributed by atoms with van der Waals surface area (Å²) in [5.74, 6) is 1.45. The van der Waals surface area contributed by atoms with Crippen LogP contribution in [0, 0.1) is 11.8 Å². The lowest BCUT2D eigenvalue weighted by Gasteiger charge is -2.22. The maximum Gasteiger partial charge on any atom is 0.243 e. The average molecular weight is 447 g/mol. The highest BCUT2D eigenvalue weighted by molar-refractivity contribution is 7.89. The Morgan fingerprint density at radius 1 is 1.10 bits per heavy atom. The van der Waals surface area contributed by atoms with E-state index in [1.54, 1.807) is 33.6 Å². The van der Waals surface area contributed by atoms with Crippen LogP contribution in [0.3, 0.4) is 0 Å². The molecular weight excluding hydrogens is 424 g/mol. The second-order valence-corrected chi connectivity index (χ2v) is 10.7. The van der Waals surface area contributed by atoms with E-state index < -0.39 is 10.0 Å². The summed E-state index contributed by atoms with van der Waals surface area (Å²) in [6.45, 7) is 4.77. The van der Waals surface area contributed by atoms with Crippen LogP contribution in [0.4, 0.5) is 11.5 Å². The largest absolute Gasteiger partial charge is 0.356 e. The van der Waals surface area contributed by atoms with Crippen molar-refractivity contribution in [2.24, 2.45) is 11.8 Å². The molecule has 30 heavy (non-hydrogen) atoms. The van der Waals surface area contributed by atoms with Gasteiger partial charge in [-0.3, -0.25) is 4.79 Å². The molecule has 0 aliphatic carbocycles. The third-order valence-electron chi connectivity index (χ3n) is 6.45. The average Bonchev–Trinajstić information content (AvgIpc) is 3.40. The van der Waals surface area contributed by atoms with Crippen LogP contribution < -0.4 is 9.80 Å². The Labute approximate surface area is 181 Å². The van der Waals surface area contributed by atoms with Crippen molar-refractivity contribution in [2.75, 3.05) is 42.5 Å². The zero-order chi connectivity index (χ0) is 21.0. The summed E-state index contributed by atoms with van der Waals surface area (Å²) in [4.78, 5) is 20.4. The summed E-state index contributed by atoms with van der Waals surface area (Å²) >= 11 is 5.93. The highest BCUT2D eigenvalue weighted by atomic mass is 35.5. The Morgan fingerprint density at radius 3 is 2.47 bits per heavy atom. The van der Waals surface area contributed by atoms with Gasteiger partial charge in [0.15, 0.2) is 0 Å². The topological polar surface area (TPSA) is 73.8 Å². The van der Waals surface area contributed by atoms with E-state index in [0.29, 0.717) is 47.8 Å². The predicted molar refractivity (Wildman–Crippen MR) is 115 cm³/mol. The molecule has 7 nitrogen and oxygen atoms in total. The lowest BCUT2D eigenvalue weighted by molar-refractivity contribution is -0.116. The standard InChI is InChI=1S/C21H23ClN4O3S/c1-14(27)26-7-6-15-8-19(3-4-20(15)26)30(28,29)25-12-16-10-24(11-17(16)13-25)21-5-2-18(22)9-23-21/h2-5,8-9,16-17H,6-7,10-13H2,1H3. The normalized spacial score (nSPS) is 23.7. The van der Waals surface area contributed by atoms with Crippen LogP contribution in [0.2, 0.25) is 5.02 Å². The number of carbonyl (C=O) groups is 1. The maximum atomic E-state index is 13.3. The van der Waals surface area contributed by atoms with Gasteiger partial charge in [-0.25, -0.2) is 13.4 Å². The molecule has 0 spiro atoms. The minimum absolute atomic E-state index is 0.0172. The van der Waals surface area contributed by atoms with Gasteiger partial charge in [-0.05, 0) is 54.2 Å². The van der Waals surface area contributed by atoms with E-state index in [1.807, 2.05) is 12.1 Å². The number of nitrogens with zero attached hydrogens (tertiary/aromatic N) is 4. The number of aromatic nitrogens is 1. The summed E-state index contributed by atoms with van der Waals surface area (Å²) < 4.78 is 28.2. The van der Waals surface area contributed by atoms with Gasteiger partial charge in [-0.1, -0.05) is 11.6 Å². The van der Waals surface area contributed by atoms with E-state index in [9.17, 15) is 13.2 Å². The highest BCUT2D eigenvalue weighted by Gasteiger charge is 2.44. The summed E-state index contributed by atoms with van der Waals surface area (Å²) in [6.07, 6.45) is 2.33. The van der Waals surface area contributed by atoms with Crippen molar-refractivity contribution < 1.29 is 13.2 Å². The first-order valence-electron chi connectivity index (χ1n) is 10.1. The van der Waals surface area contributed by atoms with Gasteiger partial charge in [0.1, 0.15) is 5.82 Å². The minimum atomic E-state index is -3.55. The first kappa shape index (κ1) is 19.8. The zero-order valence-electron chi connectivity index (χ0n) is 16.7. The number of sulfonamides is 1. The third kappa shape index (κ3) is 3.27. The molecule has 1 aromatic heterocycles. The number of amides is 1. The number of halogens is 1. The molecule has 4 heterocycles. The lowest BCUT2D eigenvalue weighted by Crippen LogP contribution is -2.33. The number of pyridine rings is 1. The number of hydrogen-bond acceptors (Lipinski definition) is 5. The molecule has 2 unspecified atom stereocenters. The van der Waals surface area contributed by atoms with E-state index in [0.717, 1.165) is 30.2 Å². The second-order valence-electron chi connectivity index (χ2n) is 8.29. The van der Waals surface area contributed by atoms with E-state index in [2.05, 4.69) is 9.88 Å². The lowest BCUT2D eigenvalue weighted by atomic mass is 10.0. The Balaban J connectivity index is 1.31. The Kier molecular flexibility index (Phi) is 4.76. The number of rotatable bonds is 3. The van der Waals surface area contributed by atoms with Crippen molar-refractivity contribution in [3.05, 3.63) is 47.1 Å². The van der Waals surface area contributed by atoms with Gasteiger partial charge in [0.05, 0.1) is 9.92 Å². The van der Waals surface area contributed by atoms with E-state index >= 15 is 0 Å². The molecule has 9 heteroatoms. The van der Waals surface area contributed by atoms with Crippen LogP contribution in [-0.2, 0) is 21.2 Å². The van der Waals surface area contributed by atoms with Gasteiger partial charge in [-0.2, -0.15) is 4.31 Å². The summed E-state index contributed by atoms with van der Waals surface area (Å²) in [5, 5.41) is 0.608. The van der Waals surface area contributed by atoms with Crippen molar-refractivity contribution in [1.29, 1.82) is 0 Å². The van der Waals surface area contributed by atoms with Gasteiger partial charge in [0, 0.05) is 51.5 Å². The molecule has 2 aromatic rings. The van der Waals surface area contributed by atoms with Crippen LogP contribution in [0.25, 0.3) is 0 Å². The molecule has 2 atom stereocenters. The molecule has 0 bridgehead atoms. The Hall–Kier alpha value is -2.16. The number of anilines is 2. The van der Waals surface area contributed by atoms with Crippen molar-refractivity contribution in [2.45, 2.75) is 18.2 Å². The summed E-state index contributed by atoms with van der Waals surface area (Å²) in [6, 6.07) is 8.88. The number of fused-ring (bicyclic) bond motifs is 2. The molecule has 1 aromatic carbocycles. The molecule has 5 rings (SSSR count). The SMILES string of the molecule is CC(=O)N1CCc2cc(S(=O)(=O)N3CC4CN(c5ccc(Cl)cn5)CC4C3)ccc21. The fourth-order valence-corrected chi connectivity index (χ4v) is 6.62. The van der Waals surface area contributed by atoms with Crippen molar-refractivity contribution in [3.8, 4) is 0 Å². The number of hydrogen-bond donors (Lipinski definition) is 0. The fourth-order valence-electron chi connectivity index (χ4n) is 4.90. The molecule has 2 saturated heterocycles. The van der Waals surface area contributed by atoms with E-state index in [-0.39, 0.29) is 5.91 Å². The van der Waals surface area contributed by atoms with Gasteiger partial charge >= 0.3 is 0 Å². The Morgan fingerprint density at radius 2 is 1.83 bits per heavy atom. The van der Waals surface area contributed by atoms with Crippen LogP contribution >= 0.6 is 11.6 Å². The highest BCUT2D eigenvalue weighted by Crippen LogP contribution is 2.37. The van der Waals surface area contributed by atoms with Crippen molar-refractivity contribution in [1.82, 2.24) is 9.29 Å². The van der Waals surface area contributed by atoms with Crippen LogP contribution in [-0.4, -0.2) is 56.3 Å². The molecule has 0 radical (unpaired) electrons. The molecule has 3 aliphatic heterocycles. The molecule has 0 N–H and O–H groups in total. The first-order chi connectivity index (χ1) is 14.3. The number of benzene rings is 1. The smallest absolute Gasteiger partial charge is 0.243 e. The minimum Gasteiger partial charge on any atom is -0.356 e. The van der Waals surface area contributed by atoms with Gasteiger partial charge in [0.25, 0.3) is 0 Å². The second kappa shape index (κ2) is 7.21. The van der Waals surface area contributed by atoms with E-state index in [1.165, 1.54) is 6.92 Å². The quantitative estimate of drug-likeness (QED) is 0.723.